The maximum Gasteiger partial charge on any atom is 0.224 e. The van der Waals surface area contributed by atoms with Crippen molar-refractivity contribution in [2.45, 2.75) is 26.3 Å². The Hall–Kier alpha value is -1.36. The van der Waals surface area contributed by atoms with E-state index in [0.717, 1.165) is 30.1 Å². The molecule has 1 fully saturated rings. The summed E-state index contributed by atoms with van der Waals surface area (Å²) in [6, 6.07) is 0.290. The van der Waals surface area contributed by atoms with E-state index >= 15 is 0 Å². The third kappa shape index (κ3) is 2.18. The average molecular weight is 209 g/mol. The fourth-order valence-electron chi connectivity index (χ4n) is 1.58. The minimum atomic E-state index is 0.0379. The highest BCUT2D eigenvalue weighted by atomic mass is 16.5. The molecule has 0 aliphatic carbocycles. The molecule has 0 aromatic carbocycles. The number of hydrogen-bond acceptors (Lipinski definition) is 4. The Kier molecular flexibility index (Phi) is 2.73. The van der Waals surface area contributed by atoms with E-state index < -0.39 is 0 Å². The number of rotatable bonds is 3. The Morgan fingerprint density at radius 1 is 1.60 bits per heavy atom. The van der Waals surface area contributed by atoms with Gasteiger partial charge in [-0.1, -0.05) is 5.16 Å². The van der Waals surface area contributed by atoms with Crippen molar-refractivity contribution in [3.8, 4) is 0 Å². The van der Waals surface area contributed by atoms with Crippen LogP contribution in [0, 0.1) is 13.8 Å². The molecule has 15 heavy (non-hydrogen) atoms. The van der Waals surface area contributed by atoms with Crippen LogP contribution in [-0.4, -0.2) is 30.2 Å². The minimum absolute atomic E-state index is 0.0379. The summed E-state index contributed by atoms with van der Waals surface area (Å²) in [6.45, 7) is 5.41. The Morgan fingerprint density at radius 2 is 2.33 bits per heavy atom. The van der Waals surface area contributed by atoms with Gasteiger partial charge in [0.15, 0.2) is 0 Å². The van der Waals surface area contributed by atoms with Crippen LogP contribution >= 0.6 is 0 Å². The molecule has 2 rings (SSSR count). The van der Waals surface area contributed by atoms with Crippen LogP contribution in [0.2, 0.25) is 0 Å². The van der Waals surface area contributed by atoms with Crippen molar-refractivity contribution in [2.24, 2.45) is 0 Å². The summed E-state index contributed by atoms with van der Waals surface area (Å²) in [5, 5.41) is 9.86. The quantitative estimate of drug-likeness (QED) is 0.730. The van der Waals surface area contributed by atoms with Crippen LogP contribution < -0.4 is 10.6 Å². The number of nitrogens with one attached hydrogen (secondary N) is 2. The summed E-state index contributed by atoms with van der Waals surface area (Å²) in [6.07, 6.45) is 0.359. The van der Waals surface area contributed by atoms with Crippen molar-refractivity contribution in [1.29, 1.82) is 0 Å². The number of aromatic nitrogens is 1. The summed E-state index contributed by atoms with van der Waals surface area (Å²) in [7, 11) is 0. The molecular weight excluding hydrogens is 194 g/mol. The molecule has 0 spiro atoms. The molecule has 1 aromatic rings. The molecule has 5 nitrogen and oxygen atoms in total. The number of aryl methyl sites for hydroxylation is 2. The maximum atomic E-state index is 11.6. The average Bonchev–Trinajstić information content (AvgIpc) is 2.43. The van der Waals surface area contributed by atoms with Gasteiger partial charge in [-0.2, -0.15) is 0 Å². The van der Waals surface area contributed by atoms with E-state index in [4.69, 9.17) is 4.52 Å². The SMILES string of the molecule is Cc1noc(C)c1CC(=O)NC1CNC1. The van der Waals surface area contributed by atoms with Crippen molar-refractivity contribution in [3.63, 3.8) is 0 Å². The Bertz CT molecular complexity index is 349. The van der Waals surface area contributed by atoms with E-state index in [-0.39, 0.29) is 11.9 Å². The van der Waals surface area contributed by atoms with E-state index in [1.165, 1.54) is 0 Å². The predicted molar refractivity (Wildman–Crippen MR) is 54.5 cm³/mol. The highest BCUT2D eigenvalue weighted by molar-refractivity contribution is 5.79. The summed E-state index contributed by atoms with van der Waals surface area (Å²) in [5.41, 5.74) is 1.70. The van der Waals surface area contributed by atoms with E-state index in [1.54, 1.807) is 0 Å². The number of carbonyl (C=O) groups is 1. The van der Waals surface area contributed by atoms with Crippen LogP contribution in [0.1, 0.15) is 17.0 Å². The fraction of sp³-hybridized carbons (Fsp3) is 0.600. The third-order valence-electron chi connectivity index (χ3n) is 2.67. The van der Waals surface area contributed by atoms with Gasteiger partial charge in [-0.25, -0.2) is 0 Å². The zero-order valence-corrected chi connectivity index (χ0v) is 8.96. The van der Waals surface area contributed by atoms with Crippen LogP contribution in [0.25, 0.3) is 0 Å². The van der Waals surface area contributed by atoms with E-state index in [1.807, 2.05) is 13.8 Å². The minimum Gasteiger partial charge on any atom is -0.361 e. The maximum absolute atomic E-state index is 11.6. The number of carbonyl (C=O) groups excluding carboxylic acids is 1. The van der Waals surface area contributed by atoms with E-state index in [0.29, 0.717) is 6.42 Å². The molecule has 0 unspecified atom stereocenters. The van der Waals surface area contributed by atoms with Crippen LogP contribution in [0.4, 0.5) is 0 Å². The molecular formula is C10H15N3O2. The van der Waals surface area contributed by atoms with Gasteiger partial charge < -0.3 is 15.2 Å². The first kappa shape index (κ1) is 10.2. The Morgan fingerprint density at radius 3 is 2.80 bits per heavy atom. The van der Waals surface area contributed by atoms with Crippen LogP contribution in [0.5, 0.6) is 0 Å². The standard InChI is InChI=1S/C10H15N3O2/c1-6-9(7(2)15-13-6)3-10(14)12-8-4-11-5-8/h8,11H,3-5H2,1-2H3,(H,12,14). The molecule has 2 N–H and O–H groups in total. The van der Waals surface area contributed by atoms with Crippen LogP contribution in [-0.2, 0) is 11.2 Å². The zero-order valence-electron chi connectivity index (χ0n) is 8.96. The lowest BCUT2D eigenvalue weighted by Gasteiger charge is -2.27. The molecule has 5 heteroatoms. The van der Waals surface area contributed by atoms with E-state index in [2.05, 4.69) is 15.8 Å². The molecule has 1 saturated heterocycles. The van der Waals surface area contributed by atoms with Crippen LogP contribution in [0.15, 0.2) is 4.52 Å². The molecule has 1 aromatic heterocycles. The van der Waals surface area contributed by atoms with Crippen molar-refractivity contribution in [2.75, 3.05) is 13.1 Å². The molecule has 1 aliphatic rings. The lowest BCUT2D eigenvalue weighted by molar-refractivity contribution is -0.121. The van der Waals surface area contributed by atoms with Gasteiger partial charge in [-0.05, 0) is 13.8 Å². The highest BCUT2D eigenvalue weighted by Gasteiger charge is 2.20. The topological polar surface area (TPSA) is 67.2 Å². The van der Waals surface area contributed by atoms with Gasteiger partial charge in [0.2, 0.25) is 5.91 Å². The molecule has 0 atom stereocenters. The number of hydrogen-bond donors (Lipinski definition) is 2. The first-order valence-corrected chi connectivity index (χ1v) is 5.08. The fourth-order valence-corrected chi connectivity index (χ4v) is 1.58. The summed E-state index contributed by atoms with van der Waals surface area (Å²) >= 11 is 0. The van der Waals surface area contributed by atoms with Gasteiger partial charge in [0.1, 0.15) is 5.76 Å². The van der Waals surface area contributed by atoms with Crippen molar-refractivity contribution in [3.05, 3.63) is 17.0 Å². The van der Waals surface area contributed by atoms with Crippen molar-refractivity contribution >= 4 is 5.91 Å². The zero-order chi connectivity index (χ0) is 10.8. The molecule has 1 amide bonds. The van der Waals surface area contributed by atoms with Gasteiger partial charge in [0.25, 0.3) is 0 Å². The van der Waals surface area contributed by atoms with Crippen LogP contribution in [0.3, 0.4) is 0 Å². The largest absolute Gasteiger partial charge is 0.361 e. The lowest BCUT2D eigenvalue weighted by Crippen LogP contribution is -2.57. The molecule has 1 aliphatic heterocycles. The third-order valence-corrected chi connectivity index (χ3v) is 2.67. The summed E-state index contributed by atoms with van der Waals surface area (Å²) < 4.78 is 5.00. The predicted octanol–water partition coefficient (Wildman–Crippen LogP) is -0.0781. The molecule has 0 radical (unpaired) electrons. The first-order chi connectivity index (χ1) is 7.16. The molecule has 82 valence electrons. The normalized spacial score (nSPS) is 16.1. The van der Waals surface area contributed by atoms with Gasteiger partial charge in [0, 0.05) is 18.7 Å². The number of nitrogens with zero attached hydrogens (tertiary/aromatic N) is 1. The molecule has 0 saturated carbocycles. The van der Waals surface area contributed by atoms with Gasteiger partial charge in [0.05, 0.1) is 18.2 Å². The number of amides is 1. The highest BCUT2D eigenvalue weighted by Crippen LogP contribution is 2.12. The van der Waals surface area contributed by atoms with Gasteiger partial charge >= 0.3 is 0 Å². The van der Waals surface area contributed by atoms with Crippen molar-refractivity contribution in [1.82, 2.24) is 15.8 Å². The molecule has 0 bridgehead atoms. The Labute approximate surface area is 88.2 Å². The van der Waals surface area contributed by atoms with Crippen molar-refractivity contribution < 1.29 is 9.32 Å². The van der Waals surface area contributed by atoms with Gasteiger partial charge in [-0.15, -0.1) is 0 Å². The summed E-state index contributed by atoms with van der Waals surface area (Å²) in [4.78, 5) is 11.6. The monoisotopic (exact) mass is 209 g/mol. The lowest BCUT2D eigenvalue weighted by atomic mass is 10.1. The second-order valence-corrected chi connectivity index (χ2v) is 3.90. The van der Waals surface area contributed by atoms with Gasteiger partial charge in [-0.3, -0.25) is 4.79 Å². The second kappa shape index (κ2) is 4.02. The Balaban J connectivity index is 1.93. The smallest absolute Gasteiger partial charge is 0.224 e. The summed E-state index contributed by atoms with van der Waals surface area (Å²) in [5.74, 6) is 0.769. The molecule has 2 heterocycles. The second-order valence-electron chi connectivity index (χ2n) is 3.90. The van der Waals surface area contributed by atoms with E-state index in [9.17, 15) is 4.79 Å². The first-order valence-electron chi connectivity index (χ1n) is 5.08.